The number of hydrogen-bond acceptors (Lipinski definition) is 8. The second-order valence-electron chi connectivity index (χ2n) is 3.33. The average molecular weight is 278 g/mol. The lowest BCUT2D eigenvalue weighted by Crippen LogP contribution is -2.10. The Bertz CT molecular complexity index is 418. The minimum absolute atomic E-state index is 0.0204. The summed E-state index contributed by atoms with van der Waals surface area (Å²) >= 11 is 0. The van der Waals surface area contributed by atoms with E-state index in [4.69, 9.17) is 21.3 Å². The number of anilines is 3. The lowest BCUT2D eigenvalue weighted by Gasteiger charge is -2.06. The molecule has 0 aliphatic heterocycles. The first-order chi connectivity index (χ1) is 8.37. The van der Waals surface area contributed by atoms with Gasteiger partial charge in [-0.25, -0.2) is 4.57 Å². The number of nitrogens with one attached hydrogen (secondary N) is 1. The minimum Gasteiger partial charge on any atom is -0.368 e. The molecule has 0 saturated heterocycles. The zero-order valence-electron chi connectivity index (χ0n) is 9.48. The topological polar surface area (TPSA) is 170 Å². The Hall–Kier alpha value is -1.48. The molecule has 0 aliphatic carbocycles. The molecule has 1 aromatic heterocycles. The van der Waals surface area contributed by atoms with Crippen LogP contribution in [0.2, 0.25) is 0 Å². The zero-order valence-corrected chi connectivity index (χ0v) is 10.4. The second-order valence-corrected chi connectivity index (χ2v) is 4.57. The van der Waals surface area contributed by atoms with Crippen molar-refractivity contribution in [2.45, 2.75) is 12.8 Å². The lowest BCUT2D eigenvalue weighted by atomic mass is 10.3. The number of nitrogen functional groups attached to an aromatic ring is 2. The first-order valence-electron chi connectivity index (χ1n) is 5.08. The summed E-state index contributed by atoms with van der Waals surface area (Å²) < 4.78 is 14.6. The van der Waals surface area contributed by atoms with Gasteiger partial charge in [0.05, 0.1) is 6.61 Å². The number of phosphoric acid groups is 1. The largest absolute Gasteiger partial charge is 0.469 e. The van der Waals surface area contributed by atoms with E-state index in [9.17, 15) is 4.57 Å². The second kappa shape index (κ2) is 6.45. The van der Waals surface area contributed by atoms with Crippen LogP contribution in [0.4, 0.5) is 17.8 Å². The molecular weight excluding hydrogens is 263 g/mol. The molecule has 1 heterocycles. The highest BCUT2D eigenvalue weighted by Gasteiger charge is 2.12. The normalized spacial score (nSPS) is 11.4. The fourth-order valence-corrected chi connectivity index (χ4v) is 1.47. The molecule has 11 heteroatoms. The van der Waals surface area contributed by atoms with Crippen molar-refractivity contribution in [3.63, 3.8) is 0 Å². The smallest absolute Gasteiger partial charge is 0.368 e. The van der Waals surface area contributed by atoms with Crippen molar-refractivity contribution in [2.24, 2.45) is 0 Å². The first kappa shape index (κ1) is 14.6. The number of unbranched alkanes of at least 4 members (excludes halogenated alkanes) is 1. The Labute approximate surface area is 103 Å². The SMILES string of the molecule is Nc1nc(N)nc(NCCCCOP(=O)(O)O)n1. The van der Waals surface area contributed by atoms with Gasteiger partial charge >= 0.3 is 7.82 Å². The number of rotatable bonds is 7. The van der Waals surface area contributed by atoms with Crippen LogP contribution in [0, 0.1) is 0 Å². The molecule has 7 N–H and O–H groups in total. The van der Waals surface area contributed by atoms with Crippen LogP contribution in [0.3, 0.4) is 0 Å². The molecule has 0 unspecified atom stereocenters. The van der Waals surface area contributed by atoms with Gasteiger partial charge in [0.2, 0.25) is 17.8 Å². The van der Waals surface area contributed by atoms with Gasteiger partial charge in [-0.3, -0.25) is 4.52 Å². The number of nitrogens with two attached hydrogens (primary N) is 2. The predicted octanol–water partition coefficient (Wildman–Crippen LogP) is -0.663. The molecule has 0 radical (unpaired) electrons. The van der Waals surface area contributed by atoms with E-state index < -0.39 is 7.82 Å². The lowest BCUT2D eigenvalue weighted by molar-refractivity contribution is 0.194. The van der Waals surface area contributed by atoms with Gasteiger partial charge in [-0.05, 0) is 12.8 Å². The van der Waals surface area contributed by atoms with Gasteiger partial charge in [0.1, 0.15) is 0 Å². The summed E-state index contributed by atoms with van der Waals surface area (Å²) in [6, 6.07) is 0. The Balaban J connectivity index is 2.20. The third-order valence-electron chi connectivity index (χ3n) is 1.78. The summed E-state index contributed by atoms with van der Waals surface area (Å²) in [5, 5.41) is 2.85. The first-order valence-corrected chi connectivity index (χ1v) is 6.61. The Morgan fingerprint density at radius 2 is 1.78 bits per heavy atom. The number of phosphoric ester groups is 1. The Morgan fingerprint density at radius 3 is 2.33 bits per heavy atom. The van der Waals surface area contributed by atoms with Crippen molar-refractivity contribution >= 4 is 25.7 Å². The average Bonchev–Trinajstić information content (AvgIpc) is 2.20. The van der Waals surface area contributed by atoms with Crippen LogP contribution < -0.4 is 16.8 Å². The van der Waals surface area contributed by atoms with Crippen molar-refractivity contribution in [3.05, 3.63) is 0 Å². The van der Waals surface area contributed by atoms with Crippen molar-refractivity contribution in [1.29, 1.82) is 0 Å². The highest BCUT2D eigenvalue weighted by molar-refractivity contribution is 7.46. The van der Waals surface area contributed by atoms with E-state index in [0.717, 1.165) is 0 Å². The summed E-state index contributed by atoms with van der Waals surface area (Å²) in [5.74, 6) is 0.306. The van der Waals surface area contributed by atoms with E-state index in [0.29, 0.717) is 19.4 Å². The monoisotopic (exact) mass is 278 g/mol. The van der Waals surface area contributed by atoms with Gasteiger partial charge in [-0.15, -0.1) is 0 Å². The molecule has 0 spiro atoms. The van der Waals surface area contributed by atoms with Gasteiger partial charge in [-0.1, -0.05) is 0 Å². The third-order valence-corrected chi connectivity index (χ3v) is 2.30. The molecule has 102 valence electrons. The molecule has 0 amide bonds. The summed E-state index contributed by atoms with van der Waals surface area (Å²) in [5.41, 5.74) is 10.7. The summed E-state index contributed by atoms with van der Waals surface area (Å²) in [6.45, 7) is 0.473. The Morgan fingerprint density at radius 1 is 1.17 bits per heavy atom. The third kappa shape index (κ3) is 6.30. The van der Waals surface area contributed by atoms with Gasteiger partial charge in [0, 0.05) is 6.54 Å². The highest BCUT2D eigenvalue weighted by atomic mass is 31.2. The molecule has 10 nitrogen and oxygen atoms in total. The van der Waals surface area contributed by atoms with Gasteiger partial charge < -0.3 is 26.6 Å². The molecule has 0 saturated carbocycles. The number of hydrogen-bond donors (Lipinski definition) is 5. The maximum absolute atomic E-state index is 10.4. The fraction of sp³-hybridized carbons (Fsp3) is 0.571. The molecule has 0 atom stereocenters. The van der Waals surface area contributed by atoms with E-state index in [2.05, 4.69) is 24.8 Å². The quantitative estimate of drug-likeness (QED) is 0.318. The van der Waals surface area contributed by atoms with Crippen LogP contribution in [-0.4, -0.2) is 37.9 Å². The van der Waals surface area contributed by atoms with Crippen molar-refractivity contribution < 1.29 is 18.9 Å². The molecule has 18 heavy (non-hydrogen) atoms. The molecule has 0 bridgehead atoms. The molecule has 0 fully saturated rings. The van der Waals surface area contributed by atoms with Crippen molar-refractivity contribution in [1.82, 2.24) is 15.0 Å². The standard InChI is InChI=1S/C7H15N6O4P/c8-5-11-6(9)13-7(12-5)10-3-1-2-4-17-18(14,15)16/h1-4H2,(H2,14,15,16)(H5,8,9,10,11,12,13). The van der Waals surface area contributed by atoms with Crippen LogP contribution in [0.1, 0.15) is 12.8 Å². The van der Waals surface area contributed by atoms with Crippen LogP contribution in [0.15, 0.2) is 0 Å². The van der Waals surface area contributed by atoms with Gasteiger partial charge in [-0.2, -0.15) is 15.0 Å². The molecule has 0 aromatic carbocycles. The molecule has 1 aromatic rings. The predicted molar refractivity (Wildman–Crippen MR) is 64.4 cm³/mol. The maximum Gasteiger partial charge on any atom is 0.469 e. The highest BCUT2D eigenvalue weighted by Crippen LogP contribution is 2.35. The van der Waals surface area contributed by atoms with Crippen molar-refractivity contribution in [2.75, 3.05) is 29.9 Å². The van der Waals surface area contributed by atoms with Gasteiger partial charge in [0.15, 0.2) is 0 Å². The van der Waals surface area contributed by atoms with E-state index in [1.54, 1.807) is 0 Å². The minimum atomic E-state index is -4.37. The van der Waals surface area contributed by atoms with E-state index in [-0.39, 0.29) is 24.5 Å². The molecule has 0 aliphatic rings. The zero-order chi connectivity index (χ0) is 13.6. The van der Waals surface area contributed by atoms with E-state index in [1.165, 1.54) is 0 Å². The Kier molecular flexibility index (Phi) is 5.23. The summed E-state index contributed by atoms with van der Waals surface area (Å²) in [7, 11) is -4.37. The summed E-state index contributed by atoms with van der Waals surface area (Å²) in [6.07, 6.45) is 1.10. The number of aromatic nitrogens is 3. The van der Waals surface area contributed by atoms with Crippen molar-refractivity contribution in [3.8, 4) is 0 Å². The molecular formula is C7H15N6O4P. The summed E-state index contributed by atoms with van der Waals surface area (Å²) in [4.78, 5) is 28.1. The van der Waals surface area contributed by atoms with Gasteiger partial charge in [0.25, 0.3) is 0 Å². The van der Waals surface area contributed by atoms with Crippen LogP contribution in [0.25, 0.3) is 0 Å². The maximum atomic E-state index is 10.4. The van der Waals surface area contributed by atoms with Crippen LogP contribution in [-0.2, 0) is 9.09 Å². The number of nitrogens with zero attached hydrogens (tertiary/aromatic N) is 3. The van der Waals surface area contributed by atoms with E-state index in [1.807, 2.05) is 0 Å². The van der Waals surface area contributed by atoms with Crippen LogP contribution in [0.5, 0.6) is 0 Å². The fourth-order valence-electron chi connectivity index (χ4n) is 1.10. The van der Waals surface area contributed by atoms with E-state index >= 15 is 0 Å². The van der Waals surface area contributed by atoms with Crippen LogP contribution >= 0.6 is 7.82 Å². The molecule has 1 rings (SSSR count).